The zero-order valence-corrected chi connectivity index (χ0v) is 6.10. The van der Waals surface area contributed by atoms with Crippen molar-refractivity contribution in [3.8, 4) is 0 Å². The standard InChI is InChI=1S/C3H10N2.2C2H4/c4-2-1-3-5;2*1-2/h1-5H2;2*1-2H2. The van der Waals surface area contributed by atoms with Crippen molar-refractivity contribution in [1.29, 1.82) is 0 Å². The van der Waals surface area contributed by atoms with Crippen LogP contribution < -0.4 is 11.5 Å². The van der Waals surface area contributed by atoms with E-state index in [0.29, 0.717) is 0 Å². The van der Waals surface area contributed by atoms with Crippen molar-refractivity contribution in [3.05, 3.63) is 26.3 Å². The molecule has 0 amide bonds. The third kappa shape index (κ3) is 110. The molecule has 0 aromatic carbocycles. The smallest absolute Gasteiger partial charge is 0.00653 e. The average molecular weight is 130 g/mol. The molecule has 9 heavy (non-hydrogen) atoms. The van der Waals surface area contributed by atoms with Crippen molar-refractivity contribution < 1.29 is 0 Å². The zero-order chi connectivity index (χ0) is 8.12. The van der Waals surface area contributed by atoms with E-state index < -0.39 is 0 Å². The quantitative estimate of drug-likeness (QED) is 0.546. The van der Waals surface area contributed by atoms with Crippen LogP contribution >= 0.6 is 0 Å². The zero-order valence-electron chi connectivity index (χ0n) is 6.10. The highest BCUT2D eigenvalue weighted by molar-refractivity contribution is 4.33. The van der Waals surface area contributed by atoms with Crippen molar-refractivity contribution in [1.82, 2.24) is 0 Å². The van der Waals surface area contributed by atoms with Crippen LogP contribution in [-0.2, 0) is 0 Å². The number of hydrogen-bond donors (Lipinski definition) is 2. The molecule has 0 rings (SSSR count). The Morgan fingerprint density at radius 1 is 0.778 bits per heavy atom. The van der Waals surface area contributed by atoms with Gasteiger partial charge in [0.25, 0.3) is 0 Å². The molecule has 56 valence electrons. The summed E-state index contributed by atoms with van der Waals surface area (Å²) >= 11 is 0. The molecule has 0 radical (unpaired) electrons. The van der Waals surface area contributed by atoms with Gasteiger partial charge < -0.3 is 11.5 Å². The maximum Gasteiger partial charge on any atom is -0.00653 e. The topological polar surface area (TPSA) is 52.0 Å². The molecule has 0 saturated carbocycles. The van der Waals surface area contributed by atoms with Gasteiger partial charge in [-0.1, -0.05) is 0 Å². The molecule has 0 bridgehead atoms. The van der Waals surface area contributed by atoms with E-state index in [0.717, 1.165) is 19.5 Å². The predicted molar refractivity (Wildman–Crippen MR) is 45.2 cm³/mol. The van der Waals surface area contributed by atoms with E-state index in [4.69, 9.17) is 11.5 Å². The summed E-state index contributed by atoms with van der Waals surface area (Å²) in [4.78, 5) is 0. The van der Waals surface area contributed by atoms with Crippen LogP contribution in [0.3, 0.4) is 0 Å². The molecule has 0 aliphatic carbocycles. The highest BCUT2D eigenvalue weighted by Crippen LogP contribution is 1.58. The van der Waals surface area contributed by atoms with E-state index in [1.165, 1.54) is 0 Å². The molecule has 0 spiro atoms. The largest absolute Gasteiger partial charge is 0.330 e. The Morgan fingerprint density at radius 3 is 1.00 bits per heavy atom. The summed E-state index contributed by atoms with van der Waals surface area (Å²) in [6, 6.07) is 0. The molecule has 0 fully saturated rings. The van der Waals surface area contributed by atoms with E-state index in [1.54, 1.807) is 0 Å². The molecular weight excluding hydrogens is 112 g/mol. The molecule has 0 saturated heterocycles. The second-order valence-corrected chi connectivity index (χ2v) is 0.931. The average Bonchev–Trinajstić information content (AvgIpc) is 1.98. The van der Waals surface area contributed by atoms with Crippen LogP contribution in [0.2, 0.25) is 0 Å². The fourth-order valence-corrected chi connectivity index (χ4v) is 0.118. The van der Waals surface area contributed by atoms with Crippen LogP contribution in [0.1, 0.15) is 6.42 Å². The molecule has 0 unspecified atom stereocenters. The van der Waals surface area contributed by atoms with Crippen molar-refractivity contribution >= 4 is 0 Å². The lowest BCUT2D eigenvalue weighted by molar-refractivity contribution is 0.844. The van der Waals surface area contributed by atoms with Gasteiger partial charge in [0.15, 0.2) is 0 Å². The molecule has 0 aliphatic rings. The first kappa shape index (κ1) is 15.8. The summed E-state index contributed by atoms with van der Waals surface area (Å²) in [7, 11) is 0. The van der Waals surface area contributed by atoms with Gasteiger partial charge in [-0.2, -0.15) is 0 Å². The van der Waals surface area contributed by atoms with Crippen LogP contribution in [0, 0.1) is 0 Å². The Bertz CT molecular complexity index is 26.1. The number of rotatable bonds is 2. The second-order valence-electron chi connectivity index (χ2n) is 0.931. The van der Waals surface area contributed by atoms with Gasteiger partial charge in [0.05, 0.1) is 0 Å². The minimum atomic E-state index is 0.719. The second kappa shape index (κ2) is 52.6. The monoisotopic (exact) mass is 130 g/mol. The van der Waals surface area contributed by atoms with Crippen molar-refractivity contribution in [2.24, 2.45) is 11.5 Å². The third-order valence-corrected chi connectivity index (χ3v) is 0.408. The van der Waals surface area contributed by atoms with Crippen LogP contribution in [0.4, 0.5) is 0 Å². The highest BCUT2D eigenvalue weighted by Gasteiger charge is 1.67. The van der Waals surface area contributed by atoms with Gasteiger partial charge in [0.1, 0.15) is 0 Å². The summed E-state index contributed by atoms with van der Waals surface area (Å²) in [6.07, 6.45) is 0.944. The van der Waals surface area contributed by atoms with Gasteiger partial charge in [-0.25, -0.2) is 0 Å². The van der Waals surface area contributed by atoms with Crippen LogP contribution in [-0.4, -0.2) is 13.1 Å². The van der Waals surface area contributed by atoms with Gasteiger partial charge in [0.2, 0.25) is 0 Å². The predicted octanol–water partition coefficient (Wildman–Crippen LogP) is 0.898. The van der Waals surface area contributed by atoms with E-state index in [9.17, 15) is 0 Å². The fourth-order valence-electron chi connectivity index (χ4n) is 0.118. The molecule has 0 aliphatic heterocycles. The van der Waals surface area contributed by atoms with Crippen LogP contribution in [0.5, 0.6) is 0 Å². The fraction of sp³-hybridized carbons (Fsp3) is 0.429. The summed E-state index contributed by atoms with van der Waals surface area (Å²) in [6.45, 7) is 13.4. The van der Waals surface area contributed by atoms with Gasteiger partial charge in [-0.3, -0.25) is 0 Å². The molecule has 2 nitrogen and oxygen atoms in total. The lowest BCUT2D eigenvalue weighted by Crippen LogP contribution is -2.06. The molecule has 0 atom stereocenters. The van der Waals surface area contributed by atoms with E-state index in [1.807, 2.05) is 0 Å². The van der Waals surface area contributed by atoms with Crippen molar-refractivity contribution in [2.45, 2.75) is 6.42 Å². The first-order valence-corrected chi connectivity index (χ1v) is 2.82. The molecule has 2 heteroatoms. The van der Waals surface area contributed by atoms with Gasteiger partial charge in [-0.05, 0) is 19.5 Å². The summed E-state index contributed by atoms with van der Waals surface area (Å²) in [5, 5.41) is 0. The molecule has 4 N–H and O–H groups in total. The summed E-state index contributed by atoms with van der Waals surface area (Å²) in [5.74, 6) is 0. The Labute approximate surface area is 58.2 Å². The van der Waals surface area contributed by atoms with Crippen LogP contribution in [0.25, 0.3) is 0 Å². The van der Waals surface area contributed by atoms with Crippen LogP contribution in [0.15, 0.2) is 26.3 Å². The summed E-state index contributed by atoms with van der Waals surface area (Å²) in [5.41, 5.74) is 10.1. The van der Waals surface area contributed by atoms with E-state index >= 15 is 0 Å². The lowest BCUT2D eigenvalue weighted by atomic mass is 10.4. The van der Waals surface area contributed by atoms with Gasteiger partial charge in [-0.15, -0.1) is 26.3 Å². The maximum atomic E-state index is 5.06. The number of nitrogens with two attached hydrogens (primary N) is 2. The lowest BCUT2D eigenvalue weighted by Gasteiger charge is -1.81. The molecule has 0 aromatic heterocycles. The first-order valence-electron chi connectivity index (χ1n) is 2.82. The molecule has 0 aromatic rings. The normalized spacial score (nSPS) is 5.56. The van der Waals surface area contributed by atoms with Crippen molar-refractivity contribution in [3.63, 3.8) is 0 Å². The van der Waals surface area contributed by atoms with Crippen molar-refractivity contribution in [2.75, 3.05) is 13.1 Å². The Kier molecular flexibility index (Phi) is 92.2. The van der Waals surface area contributed by atoms with E-state index in [2.05, 4.69) is 26.3 Å². The molecule has 0 heterocycles. The SMILES string of the molecule is C=C.C=C.NCCCN. The Morgan fingerprint density at radius 2 is 1.00 bits per heavy atom. The first-order chi connectivity index (χ1) is 4.41. The van der Waals surface area contributed by atoms with Gasteiger partial charge >= 0.3 is 0 Å². The highest BCUT2D eigenvalue weighted by atomic mass is 14.6. The third-order valence-electron chi connectivity index (χ3n) is 0.408. The van der Waals surface area contributed by atoms with Gasteiger partial charge in [0, 0.05) is 0 Å². The maximum absolute atomic E-state index is 5.06. The minimum absolute atomic E-state index is 0.719. The minimum Gasteiger partial charge on any atom is -0.330 e. The Balaban J connectivity index is -0.0000000771. The Hall–Kier alpha value is -0.600. The summed E-state index contributed by atoms with van der Waals surface area (Å²) < 4.78 is 0. The van der Waals surface area contributed by atoms with E-state index in [-0.39, 0.29) is 0 Å². The number of hydrogen-bond acceptors (Lipinski definition) is 2. The molecular formula is C7H18N2.